The van der Waals surface area contributed by atoms with E-state index in [-0.39, 0.29) is 6.04 Å². The van der Waals surface area contributed by atoms with E-state index in [0.29, 0.717) is 6.54 Å². The average molecular weight is 195 g/mol. The molecular formula is C7H19ClN4. The summed E-state index contributed by atoms with van der Waals surface area (Å²) in [6.45, 7) is 0.614. The summed E-state index contributed by atoms with van der Waals surface area (Å²) < 4.78 is 0. The summed E-state index contributed by atoms with van der Waals surface area (Å²) in [5, 5.41) is 8.49. The van der Waals surface area contributed by atoms with Crippen molar-refractivity contribution in [1.29, 1.82) is 0 Å². The van der Waals surface area contributed by atoms with E-state index in [9.17, 15) is 0 Å². The third kappa shape index (κ3) is 2.88. The second-order valence-electron chi connectivity index (χ2n) is 2.63. The Kier molecular flexibility index (Phi) is 5.78. The molecule has 0 saturated heterocycles. The Hall–Kier alpha value is 0.130. The molecule has 4 nitrogen and oxygen atoms in total. The third-order valence-corrected chi connectivity index (χ3v) is 2.65. The molecule has 0 aromatic rings. The standard InChI is InChI=1S/C7H19ClN4/c1-10-6(4-5-9)7(8,11-2)12-3/h6,10-12H,4-5,9H2,1-3H3. The molecule has 0 fully saturated rings. The molecule has 0 heterocycles. The van der Waals surface area contributed by atoms with Gasteiger partial charge in [0.05, 0.1) is 6.04 Å². The monoisotopic (exact) mass is 194 g/mol. The lowest BCUT2D eigenvalue weighted by Gasteiger charge is -2.34. The van der Waals surface area contributed by atoms with Gasteiger partial charge >= 0.3 is 0 Å². The molecule has 5 N–H and O–H groups in total. The Morgan fingerprint density at radius 3 is 2.08 bits per heavy atom. The van der Waals surface area contributed by atoms with Crippen molar-refractivity contribution in [2.75, 3.05) is 27.7 Å². The van der Waals surface area contributed by atoms with Crippen molar-refractivity contribution in [2.24, 2.45) is 5.73 Å². The average Bonchev–Trinajstić information content (AvgIpc) is 2.13. The number of hydrogen-bond acceptors (Lipinski definition) is 4. The van der Waals surface area contributed by atoms with Crippen LogP contribution in [0.3, 0.4) is 0 Å². The molecule has 0 aliphatic heterocycles. The Morgan fingerprint density at radius 1 is 1.33 bits per heavy atom. The third-order valence-electron chi connectivity index (χ3n) is 2.01. The van der Waals surface area contributed by atoms with Gasteiger partial charge in [-0.1, -0.05) is 11.6 Å². The lowest BCUT2D eigenvalue weighted by Crippen LogP contribution is -2.62. The normalized spacial score (nSPS) is 14.8. The van der Waals surface area contributed by atoms with Gasteiger partial charge in [-0.05, 0) is 34.1 Å². The van der Waals surface area contributed by atoms with Crippen molar-refractivity contribution < 1.29 is 0 Å². The quantitative estimate of drug-likeness (QED) is 0.256. The number of alkyl halides is 1. The van der Waals surface area contributed by atoms with E-state index in [1.54, 1.807) is 0 Å². The Bertz CT molecular complexity index is 116. The number of rotatable bonds is 6. The number of nitrogens with two attached hydrogens (primary N) is 1. The van der Waals surface area contributed by atoms with Crippen molar-refractivity contribution in [2.45, 2.75) is 17.6 Å². The number of likely N-dealkylation sites (N-methyl/N-ethyl adjacent to an activating group) is 3. The molecule has 0 amide bonds. The summed E-state index contributed by atoms with van der Waals surface area (Å²) in [7, 11) is 5.49. The van der Waals surface area contributed by atoms with Gasteiger partial charge in [-0.3, -0.25) is 10.6 Å². The van der Waals surface area contributed by atoms with E-state index in [1.807, 2.05) is 21.1 Å². The summed E-state index contributed by atoms with van der Waals surface area (Å²) in [6, 6.07) is 0.110. The molecule has 0 bridgehead atoms. The first-order chi connectivity index (χ1) is 5.64. The second kappa shape index (κ2) is 5.72. The van der Waals surface area contributed by atoms with E-state index >= 15 is 0 Å². The van der Waals surface area contributed by atoms with Gasteiger partial charge in [0.15, 0.2) is 5.12 Å². The van der Waals surface area contributed by atoms with E-state index in [2.05, 4.69) is 16.0 Å². The molecule has 12 heavy (non-hydrogen) atoms. The van der Waals surface area contributed by atoms with E-state index < -0.39 is 5.12 Å². The molecule has 0 aliphatic carbocycles. The fourth-order valence-corrected chi connectivity index (χ4v) is 1.40. The number of nitrogens with one attached hydrogen (secondary N) is 3. The van der Waals surface area contributed by atoms with Gasteiger partial charge in [-0.2, -0.15) is 0 Å². The minimum atomic E-state index is -0.617. The van der Waals surface area contributed by atoms with Gasteiger partial charge in [-0.25, -0.2) is 0 Å². The first kappa shape index (κ1) is 12.1. The van der Waals surface area contributed by atoms with Crippen LogP contribution >= 0.6 is 11.6 Å². The highest BCUT2D eigenvalue weighted by Crippen LogP contribution is 2.13. The van der Waals surface area contributed by atoms with Crippen LogP contribution in [0, 0.1) is 0 Å². The first-order valence-corrected chi connectivity index (χ1v) is 4.46. The largest absolute Gasteiger partial charge is 0.330 e. The maximum Gasteiger partial charge on any atom is 0.161 e. The van der Waals surface area contributed by atoms with Crippen LogP contribution in [0.4, 0.5) is 0 Å². The predicted octanol–water partition coefficient (Wildman–Crippen LogP) is -0.745. The summed E-state index contributed by atoms with van der Waals surface area (Å²) >= 11 is 6.21. The highest BCUT2D eigenvalue weighted by molar-refractivity contribution is 6.23. The molecule has 0 aromatic carbocycles. The van der Waals surface area contributed by atoms with Crippen molar-refractivity contribution >= 4 is 11.6 Å². The molecule has 5 heteroatoms. The Balaban J connectivity index is 4.21. The molecular weight excluding hydrogens is 176 g/mol. The Morgan fingerprint density at radius 2 is 1.83 bits per heavy atom. The van der Waals surface area contributed by atoms with Crippen molar-refractivity contribution in [3.05, 3.63) is 0 Å². The Labute approximate surface area is 79.2 Å². The van der Waals surface area contributed by atoms with E-state index in [0.717, 1.165) is 6.42 Å². The van der Waals surface area contributed by atoms with Crippen molar-refractivity contribution in [1.82, 2.24) is 16.0 Å². The first-order valence-electron chi connectivity index (χ1n) is 4.08. The summed E-state index contributed by atoms with van der Waals surface area (Å²) in [5.41, 5.74) is 5.46. The molecule has 0 saturated carbocycles. The van der Waals surface area contributed by atoms with Crippen LogP contribution in [-0.2, 0) is 0 Å². The zero-order valence-electron chi connectivity index (χ0n) is 7.95. The van der Waals surface area contributed by atoms with Gasteiger partial charge in [0.1, 0.15) is 0 Å². The molecule has 0 spiro atoms. The minimum absolute atomic E-state index is 0.110. The van der Waals surface area contributed by atoms with Crippen LogP contribution in [-0.4, -0.2) is 38.9 Å². The summed E-state index contributed by atoms with van der Waals surface area (Å²) in [5.74, 6) is 0. The lowest BCUT2D eigenvalue weighted by molar-refractivity contribution is 0.307. The highest BCUT2D eigenvalue weighted by Gasteiger charge is 2.31. The summed E-state index contributed by atoms with van der Waals surface area (Å²) in [4.78, 5) is 0. The molecule has 0 aromatic heterocycles. The lowest BCUT2D eigenvalue weighted by atomic mass is 10.1. The summed E-state index contributed by atoms with van der Waals surface area (Å²) in [6.07, 6.45) is 0.821. The van der Waals surface area contributed by atoms with Gasteiger partial charge in [0.2, 0.25) is 0 Å². The topological polar surface area (TPSA) is 62.1 Å². The minimum Gasteiger partial charge on any atom is -0.330 e. The van der Waals surface area contributed by atoms with Crippen LogP contribution in [0.5, 0.6) is 0 Å². The van der Waals surface area contributed by atoms with Crippen LogP contribution in [0.1, 0.15) is 6.42 Å². The van der Waals surface area contributed by atoms with Crippen molar-refractivity contribution in [3.63, 3.8) is 0 Å². The van der Waals surface area contributed by atoms with E-state index in [4.69, 9.17) is 17.3 Å². The predicted molar refractivity (Wildman–Crippen MR) is 53.2 cm³/mol. The van der Waals surface area contributed by atoms with E-state index in [1.165, 1.54) is 0 Å². The zero-order chi connectivity index (χ0) is 9.61. The molecule has 0 rings (SSSR count). The van der Waals surface area contributed by atoms with Gasteiger partial charge in [0, 0.05) is 0 Å². The SMILES string of the molecule is CNC(CCN)C(Cl)(NC)NC. The van der Waals surface area contributed by atoms with Crippen LogP contribution in [0.25, 0.3) is 0 Å². The molecule has 74 valence electrons. The number of hydrogen-bond donors (Lipinski definition) is 4. The van der Waals surface area contributed by atoms with Gasteiger partial charge in [0.25, 0.3) is 0 Å². The van der Waals surface area contributed by atoms with Gasteiger partial charge in [-0.15, -0.1) is 0 Å². The maximum absolute atomic E-state index is 6.21. The molecule has 1 unspecified atom stereocenters. The van der Waals surface area contributed by atoms with Gasteiger partial charge < -0.3 is 11.1 Å². The molecule has 0 radical (unpaired) electrons. The fraction of sp³-hybridized carbons (Fsp3) is 1.00. The van der Waals surface area contributed by atoms with Crippen LogP contribution in [0.15, 0.2) is 0 Å². The van der Waals surface area contributed by atoms with Crippen LogP contribution in [0.2, 0.25) is 0 Å². The molecule has 0 aliphatic rings. The molecule has 1 atom stereocenters. The maximum atomic E-state index is 6.21. The smallest absolute Gasteiger partial charge is 0.161 e. The highest BCUT2D eigenvalue weighted by atomic mass is 35.5. The fourth-order valence-electron chi connectivity index (χ4n) is 1.18. The second-order valence-corrected chi connectivity index (χ2v) is 3.23. The zero-order valence-corrected chi connectivity index (χ0v) is 8.70. The number of halogens is 1. The van der Waals surface area contributed by atoms with Crippen LogP contribution < -0.4 is 21.7 Å². The van der Waals surface area contributed by atoms with Crippen molar-refractivity contribution in [3.8, 4) is 0 Å².